The Balaban J connectivity index is 1.92. The summed E-state index contributed by atoms with van der Waals surface area (Å²) < 4.78 is 51.1. The first-order valence-electron chi connectivity index (χ1n) is 14.3. The summed E-state index contributed by atoms with van der Waals surface area (Å²) in [6, 6.07) is 20.4. The van der Waals surface area contributed by atoms with Gasteiger partial charge >= 0.3 is 0 Å². The Bertz CT molecular complexity index is 1160. The van der Waals surface area contributed by atoms with E-state index in [0.717, 1.165) is 44.3 Å². The van der Waals surface area contributed by atoms with Gasteiger partial charge in [-0.1, -0.05) is 42.5 Å². The Kier molecular flexibility index (Phi) is 16.4. The Morgan fingerprint density at radius 2 is 1.07 bits per heavy atom. The zero-order chi connectivity index (χ0) is 30.7. The van der Waals surface area contributed by atoms with E-state index in [9.17, 15) is 0 Å². The van der Waals surface area contributed by atoms with Crippen molar-refractivity contribution in [2.24, 2.45) is 0 Å². The van der Waals surface area contributed by atoms with Crippen molar-refractivity contribution in [3.8, 4) is 17.2 Å². The molecule has 9 nitrogen and oxygen atoms in total. The number of para-hydroxylation sites is 2. The molecule has 236 valence electrons. The number of benzene rings is 3. The predicted octanol–water partition coefficient (Wildman–Crippen LogP) is 3.97. The van der Waals surface area contributed by atoms with Gasteiger partial charge in [0.2, 0.25) is 0 Å². The lowest BCUT2D eigenvalue weighted by Gasteiger charge is -2.27. The van der Waals surface area contributed by atoms with Gasteiger partial charge in [0.25, 0.3) is 0 Å². The minimum absolute atomic E-state index is 0.0691. The lowest BCUT2D eigenvalue weighted by molar-refractivity contribution is -0.0111. The number of aryl methyl sites for hydroxylation is 1. The van der Waals surface area contributed by atoms with Gasteiger partial charge in [-0.2, -0.15) is 0 Å². The topological polar surface area (TPSA) is 83.1 Å². The monoisotopic (exact) mass is 616 g/mol. The molecule has 0 aliphatic carbocycles. The average Bonchev–Trinajstić information content (AvgIpc) is 3.03. The lowest BCUT2D eigenvalue weighted by atomic mass is 10.1. The van der Waals surface area contributed by atoms with Crippen LogP contribution in [0.1, 0.15) is 11.1 Å². The maximum Gasteiger partial charge on any atom is 0.189 e. The first-order valence-corrected chi connectivity index (χ1v) is 15.6. The maximum absolute atomic E-state index is 6.40. The van der Waals surface area contributed by atoms with E-state index in [1.807, 2.05) is 36.4 Å². The van der Waals surface area contributed by atoms with E-state index in [2.05, 4.69) is 31.2 Å². The fourth-order valence-electron chi connectivity index (χ4n) is 4.35. The molecule has 0 atom stereocenters. The molecule has 0 saturated heterocycles. The summed E-state index contributed by atoms with van der Waals surface area (Å²) in [7, 11) is 5.51. The molecule has 0 fully saturated rings. The summed E-state index contributed by atoms with van der Waals surface area (Å²) in [6.45, 7) is 6.41. The summed E-state index contributed by atoms with van der Waals surface area (Å²) in [5.41, 5.74) is 2.01. The molecule has 0 aliphatic heterocycles. The van der Waals surface area contributed by atoms with Crippen LogP contribution in [-0.2, 0) is 35.0 Å². The van der Waals surface area contributed by atoms with E-state index in [-0.39, 0.29) is 6.79 Å². The Morgan fingerprint density at radius 3 is 1.63 bits per heavy atom. The molecule has 0 unspecified atom stereocenters. The van der Waals surface area contributed by atoms with E-state index in [4.69, 9.17) is 42.6 Å². The van der Waals surface area contributed by atoms with Crippen molar-refractivity contribution in [3.05, 3.63) is 71.8 Å². The third kappa shape index (κ3) is 11.0. The van der Waals surface area contributed by atoms with E-state index in [1.165, 1.54) is 0 Å². The van der Waals surface area contributed by atoms with Crippen LogP contribution in [0.2, 0.25) is 0 Å². The molecule has 3 aromatic carbocycles. The van der Waals surface area contributed by atoms with Gasteiger partial charge in [0.15, 0.2) is 6.79 Å². The number of hydrogen-bond acceptors (Lipinski definition) is 9. The van der Waals surface area contributed by atoms with Crippen molar-refractivity contribution in [2.75, 3.05) is 88.1 Å². The summed E-state index contributed by atoms with van der Waals surface area (Å²) in [5.74, 6) is 2.31. The number of rotatable bonds is 22. The van der Waals surface area contributed by atoms with E-state index < -0.39 is 7.92 Å². The Labute approximate surface area is 257 Å². The second-order valence-electron chi connectivity index (χ2n) is 9.38. The summed E-state index contributed by atoms with van der Waals surface area (Å²) >= 11 is 0. The van der Waals surface area contributed by atoms with Crippen molar-refractivity contribution in [2.45, 2.75) is 13.5 Å². The molecule has 0 N–H and O–H groups in total. The van der Waals surface area contributed by atoms with Crippen LogP contribution in [0.25, 0.3) is 0 Å². The molecule has 0 heterocycles. The van der Waals surface area contributed by atoms with Crippen molar-refractivity contribution >= 4 is 23.8 Å². The first kappa shape index (κ1) is 34.7. The number of hydrogen-bond donors (Lipinski definition) is 0. The first-order chi connectivity index (χ1) is 21.1. The van der Waals surface area contributed by atoms with Crippen LogP contribution in [0.3, 0.4) is 0 Å². The molecule has 3 rings (SSSR count). The van der Waals surface area contributed by atoms with E-state index in [1.54, 1.807) is 28.4 Å². The quantitative estimate of drug-likeness (QED) is 0.0947. The Hall–Kier alpha value is -2.75. The van der Waals surface area contributed by atoms with Gasteiger partial charge in [0.1, 0.15) is 17.2 Å². The van der Waals surface area contributed by atoms with Crippen LogP contribution in [-0.4, -0.2) is 88.1 Å². The number of ether oxygens (including phenoxy) is 9. The molecule has 0 spiro atoms. The average molecular weight is 617 g/mol. The fourth-order valence-corrected chi connectivity index (χ4v) is 7.12. The molecular formula is C33H45O9P. The third-order valence-corrected chi connectivity index (χ3v) is 8.85. The molecule has 0 aromatic heterocycles. The molecule has 10 heteroatoms. The Morgan fingerprint density at radius 1 is 0.558 bits per heavy atom. The largest absolute Gasteiger partial charge is 0.496 e. The van der Waals surface area contributed by atoms with Crippen molar-refractivity contribution in [1.29, 1.82) is 0 Å². The minimum Gasteiger partial charge on any atom is -0.496 e. The highest BCUT2D eigenvalue weighted by Gasteiger charge is 2.28. The van der Waals surface area contributed by atoms with Gasteiger partial charge in [-0.25, -0.2) is 0 Å². The van der Waals surface area contributed by atoms with Crippen LogP contribution >= 0.6 is 7.92 Å². The fraction of sp³-hybridized carbons (Fsp3) is 0.455. The molecule has 0 saturated carbocycles. The molecule has 3 aromatic rings. The third-order valence-electron chi connectivity index (χ3n) is 6.34. The smallest absolute Gasteiger partial charge is 0.189 e. The van der Waals surface area contributed by atoms with Crippen LogP contribution < -0.4 is 30.1 Å². The highest BCUT2D eigenvalue weighted by molar-refractivity contribution is 7.80. The van der Waals surface area contributed by atoms with Gasteiger partial charge in [-0.05, 0) is 38.6 Å². The molecular weight excluding hydrogens is 571 g/mol. The van der Waals surface area contributed by atoms with Gasteiger partial charge < -0.3 is 42.6 Å². The SMILES string of the molecule is COCCOCCOCCOCc1cc(C)cc(P(c2ccccc2OC)c2ccccc2OC)c1OCOCCOC. The van der Waals surface area contributed by atoms with Crippen molar-refractivity contribution in [1.82, 2.24) is 0 Å². The predicted molar refractivity (Wildman–Crippen MR) is 169 cm³/mol. The normalized spacial score (nSPS) is 11.2. The molecule has 0 aliphatic rings. The minimum atomic E-state index is -1.17. The highest BCUT2D eigenvalue weighted by Crippen LogP contribution is 2.43. The molecule has 43 heavy (non-hydrogen) atoms. The number of methoxy groups -OCH3 is 4. The van der Waals surface area contributed by atoms with Gasteiger partial charge in [-0.15, -0.1) is 0 Å². The standard InChI is InChI=1S/C33H45O9P/c1-26-22-27(24-40-21-20-39-19-18-38-16-14-34-2)33(42-25-41-17-15-35-3)32(23-26)43(30-12-8-6-10-28(30)36-4)31-13-9-7-11-29(31)37-5/h6-13,22-23H,14-21,24-25H2,1-5H3. The van der Waals surface area contributed by atoms with Crippen LogP contribution in [0.5, 0.6) is 17.2 Å². The zero-order valence-electron chi connectivity index (χ0n) is 26.0. The van der Waals surface area contributed by atoms with Gasteiger partial charge in [-0.3, -0.25) is 0 Å². The summed E-state index contributed by atoms with van der Waals surface area (Å²) in [5, 5.41) is 3.11. The van der Waals surface area contributed by atoms with Crippen molar-refractivity contribution in [3.63, 3.8) is 0 Å². The highest BCUT2D eigenvalue weighted by atomic mass is 31.1. The van der Waals surface area contributed by atoms with Gasteiger partial charge in [0, 0.05) is 35.7 Å². The van der Waals surface area contributed by atoms with Crippen molar-refractivity contribution < 1.29 is 42.6 Å². The zero-order valence-corrected chi connectivity index (χ0v) is 26.9. The second kappa shape index (κ2) is 20.3. The van der Waals surface area contributed by atoms with Gasteiger partial charge in [0.05, 0.1) is 73.7 Å². The summed E-state index contributed by atoms with van der Waals surface area (Å²) in [4.78, 5) is 0. The molecule has 0 amide bonds. The second-order valence-corrected chi connectivity index (χ2v) is 11.5. The van der Waals surface area contributed by atoms with Crippen LogP contribution in [0, 0.1) is 6.92 Å². The molecule has 0 bridgehead atoms. The maximum atomic E-state index is 6.40. The lowest BCUT2D eigenvalue weighted by Crippen LogP contribution is -2.26. The van der Waals surface area contributed by atoms with Crippen LogP contribution in [0.15, 0.2) is 60.7 Å². The molecule has 0 radical (unpaired) electrons. The van der Waals surface area contributed by atoms with E-state index in [0.29, 0.717) is 59.5 Å². The van der Waals surface area contributed by atoms with E-state index >= 15 is 0 Å². The van der Waals surface area contributed by atoms with Crippen LogP contribution in [0.4, 0.5) is 0 Å². The summed E-state index contributed by atoms with van der Waals surface area (Å²) in [6.07, 6.45) is 0.